The largest absolute Gasteiger partial charge is 0.496 e. The minimum atomic E-state index is -0.125. The van der Waals surface area contributed by atoms with Gasteiger partial charge in [0.1, 0.15) is 12.4 Å². The molecule has 0 aliphatic carbocycles. The Morgan fingerprint density at radius 3 is 2.56 bits per heavy atom. The molecule has 2 aromatic carbocycles. The second-order valence-electron chi connectivity index (χ2n) is 3.32. The van der Waals surface area contributed by atoms with Gasteiger partial charge in [0.15, 0.2) is 0 Å². The lowest BCUT2D eigenvalue weighted by molar-refractivity contribution is 0.350. The van der Waals surface area contributed by atoms with E-state index in [2.05, 4.69) is 11.8 Å². The zero-order chi connectivity index (χ0) is 11.4. The number of hydrogen-bond acceptors (Lipinski definition) is 2. The molecule has 2 heteroatoms. The zero-order valence-corrected chi connectivity index (χ0v) is 9.03. The van der Waals surface area contributed by atoms with Crippen molar-refractivity contribution in [2.75, 3.05) is 13.7 Å². The number of fused-ring (bicyclic) bond motifs is 1. The van der Waals surface area contributed by atoms with Gasteiger partial charge < -0.3 is 9.84 Å². The van der Waals surface area contributed by atoms with Gasteiger partial charge in [-0.15, -0.1) is 0 Å². The fourth-order valence-corrected chi connectivity index (χ4v) is 1.69. The van der Waals surface area contributed by atoms with Gasteiger partial charge in [-0.3, -0.25) is 0 Å². The minimum absolute atomic E-state index is 0.125. The van der Waals surface area contributed by atoms with Crippen LogP contribution in [-0.4, -0.2) is 18.8 Å². The summed E-state index contributed by atoms with van der Waals surface area (Å²) in [4.78, 5) is 0. The number of aliphatic hydroxyl groups excluding tert-OH is 1. The van der Waals surface area contributed by atoms with Gasteiger partial charge in [-0.1, -0.05) is 36.1 Å². The van der Waals surface area contributed by atoms with Crippen LogP contribution in [0.2, 0.25) is 0 Å². The summed E-state index contributed by atoms with van der Waals surface area (Å²) in [6.45, 7) is -0.125. The van der Waals surface area contributed by atoms with Gasteiger partial charge in [0.25, 0.3) is 0 Å². The Morgan fingerprint density at radius 1 is 1.12 bits per heavy atom. The number of ether oxygens (including phenoxy) is 1. The molecule has 0 atom stereocenters. The van der Waals surface area contributed by atoms with Gasteiger partial charge in [-0.25, -0.2) is 0 Å². The summed E-state index contributed by atoms with van der Waals surface area (Å²) < 4.78 is 5.29. The maximum absolute atomic E-state index is 8.70. The van der Waals surface area contributed by atoms with E-state index in [9.17, 15) is 0 Å². The topological polar surface area (TPSA) is 29.5 Å². The van der Waals surface area contributed by atoms with Crippen LogP contribution in [0.25, 0.3) is 10.8 Å². The monoisotopic (exact) mass is 212 g/mol. The summed E-state index contributed by atoms with van der Waals surface area (Å²) in [5.41, 5.74) is 0.908. The lowest BCUT2D eigenvalue weighted by Crippen LogP contribution is -1.87. The minimum Gasteiger partial charge on any atom is -0.496 e. The first-order chi connectivity index (χ1) is 7.86. The lowest BCUT2D eigenvalue weighted by Gasteiger charge is -2.06. The molecule has 2 nitrogen and oxygen atoms in total. The summed E-state index contributed by atoms with van der Waals surface area (Å²) in [6, 6.07) is 11.7. The molecule has 0 saturated heterocycles. The first-order valence-electron chi connectivity index (χ1n) is 5.02. The van der Waals surface area contributed by atoms with Crippen molar-refractivity contribution in [2.24, 2.45) is 0 Å². The van der Waals surface area contributed by atoms with Crippen LogP contribution < -0.4 is 4.74 Å². The van der Waals surface area contributed by atoms with Gasteiger partial charge >= 0.3 is 0 Å². The first-order valence-corrected chi connectivity index (χ1v) is 5.02. The molecule has 0 spiro atoms. The van der Waals surface area contributed by atoms with Gasteiger partial charge in [0, 0.05) is 16.3 Å². The van der Waals surface area contributed by atoms with Crippen molar-refractivity contribution in [1.82, 2.24) is 0 Å². The maximum Gasteiger partial charge on any atom is 0.126 e. The summed E-state index contributed by atoms with van der Waals surface area (Å²) in [6.07, 6.45) is 0. The Morgan fingerprint density at radius 2 is 1.88 bits per heavy atom. The van der Waals surface area contributed by atoms with Crippen LogP contribution in [0, 0.1) is 11.8 Å². The predicted molar refractivity (Wildman–Crippen MR) is 64.5 cm³/mol. The summed E-state index contributed by atoms with van der Waals surface area (Å²) in [5.74, 6) is 6.43. The molecule has 1 N–H and O–H groups in total. The highest BCUT2D eigenvalue weighted by atomic mass is 16.5. The van der Waals surface area contributed by atoms with E-state index in [0.29, 0.717) is 0 Å². The average Bonchev–Trinajstić information content (AvgIpc) is 2.36. The third-order valence-electron chi connectivity index (χ3n) is 2.41. The van der Waals surface area contributed by atoms with Crippen molar-refractivity contribution in [2.45, 2.75) is 0 Å². The fraction of sp³-hybridized carbons (Fsp3) is 0.143. The molecular weight excluding hydrogens is 200 g/mol. The SMILES string of the molecule is COc1ccc(C#CCO)c2ccccc12. The molecular formula is C14H12O2. The van der Waals surface area contributed by atoms with E-state index in [-0.39, 0.29) is 6.61 Å². The first kappa shape index (κ1) is 10.5. The van der Waals surface area contributed by atoms with E-state index >= 15 is 0 Å². The highest BCUT2D eigenvalue weighted by Crippen LogP contribution is 2.27. The Bertz CT molecular complexity index is 562. The van der Waals surface area contributed by atoms with Crippen molar-refractivity contribution in [1.29, 1.82) is 0 Å². The second kappa shape index (κ2) is 4.69. The van der Waals surface area contributed by atoms with E-state index in [0.717, 1.165) is 22.1 Å². The Balaban J connectivity index is 2.69. The van der Waals surface area contributed by atoms with Crippen molar-refractivity contribution in [3.63, 3.8) is 0 Å². The fourth-order valence-electron chi connectivity index (χ4n) is 1.69. The molecule has 2 aromatic rings. The number of aliphatic hydroxyl groups is 1. The smallest absolute Gasteiger partial charge is 0.126 e. The number of benzene rings is 2. The summed E-state index contributed by atoms with van der Waals surface area (Å²) in [7, 11) is 1.65. The van der Waals surface area contributed by atoms with E-state index in [1.807, 2.05) is 36.4 Å². The molecule has 80 valence electrons. The standard InChI is InChI=1S/C14H12O2/c1-16-14-9-8-11(5-4-10-15)12-6-2-3-7-13(12)14/h2-3,6-9,15H,10H2,1H3. The van der Waals surface area contributed by atoms with Gasteiger partial charge in [-0.2, -0.15) is 0 Å². The van der Waals surface area contributed by atoms with Crippen LogP contribution in [0.5, 0.6) is 5.75 Å². The maximum atomic E-state index is 8.70. The number of rotatable bonds is 1. The van der Waals surface area contributed by atoms with Crippen LogP contribution in [0.1, 0.15) is 5.56 Å². The molecule has 0 aromatic heterocycles. The van der Waals surface area contributed by atoms with Crippen molar-refractivity contribution >= 4 is 10.8 Å². The quantitative estimate of drug-likeness (QED) is 0.734. The molecule has 0 aliphatic rings. The molecule has 0 heterocycles. The lowest BCUT2D eigenvalue weighted by atomic mass is 10.0. The van der Waals surface area contributed by atoms with Gasteiger partial charge in [0.2, 0.25) is 0 Å². The van der Waals surface area contributed by atoms with E-state index in [1.54, 1.807) is 7.11 Å². The Labute approximate surface area is 94.5 Å². The third-order valence-corrected chi connectivity index (χ3v) is 2.41. The molecule has 0 unspecified atom stereocenters. The molecule has 16 heavy (non-hydrogen) atoms. The van der Waals surface area contributed by atoms with Crippen LogP contribution in [0.3, 0.4) is 0 Å². The molecule has 0 bridgehead atoms. The Kier molecular flexibility index (Phi) is 3.09. The molecule has 0 amide bonds. The predicted octanol–water partition coefficient (Wildman–Crippen LogP) is 2.19. The Hall–Kier alpha value is -1.98. The number of hydrogen-bond donors (Lipinski definition) is 1. The normalized spacial score (nSPS) is 9.62. The van der Waals surface area contributed by atoms with E-state index in [1.165, 1.54) is 0 Å². The van der Waals surface area contributed by atoms with Crippen molar-refractivity contribution < 1.29 is 9.84 Å². The second-order valence-corrected chi connectivity index (χ2v) is 3.32. The zero-order valence-electron chi connectivity index (χ0n) is 9.03. The highest BCUT2D eigenvalue weighted by Gasteiger charge is 2.03. The highest BCUT2D eigenvalue weighted by molar-refractivity contribution is 5.93. The molecule has 0 radical (unpaired) electrons. The van der Waals surface area contributed by atoms with Gasteiger partial charge in [-0.05, 0) is 12.1 Å². The molecule has 0 saturated carbocycles. The van der Waals surface area contributed by atoms with Crippen molar-refractivity contribution in [3.8, 4) is 17.6 Å². The molecule has 0 aliphatic heterocycles. The van der Waals surface area contributed by atoms with E-state index in [4.69, 9.17) is 9.84 Å². The third kappa shape index (κ3) is 1.86. The molecule has 0 fully saturated rings. The van der Waals surface area contributed by atoms with Crippen LogP contribution in [0.4, 0.5) is 0 Å². The van der Waals surface area contributed by atoms with Crippen LogP contribution in [0.15, 0.2) is 36.4 Å². The summed E-state index contributed by atoms with van der Waals surface area (Å²) >= 11 is 0. The van der Waals surface area contributed by atoms with Crippen LogP contribution >= 0.6 is 0 Å². The van der Waals surface area contributed by atoms with Crippen LogP contribution in [-0.2, 0) is 0 Å². The molecule has 2 rings (SSSR count). The summed E-state index contributed by atoms with van der Waals surface area (Å²) in [5, 5.41) is 10.8. The van der Waals surface area contributed by atoms with E-state index < -0.39 is 0 Å². The average molecular weight is 212 g/mol. The van der Waals surface area contributed by atoms with Gasteiger partial charge in [0.05, 0.1) is 7.11 Å². The van der Waals surface area contributed by atoms with Crippen molar-refractivity contribution in [3.05, 3.63) is 42.0 Å². The number of methoxy groups -OCH3 is 1.